The highest BCUT2D eigenvalue weighted by molar-refractivity contribution is 5.83. The van der Waals surface area contributed by atoms with Gasteiger partial charge in [-0.3, -0.25) is 0 Å². The molecule has 3 rings (SSSR count). The van der Waals surface area contributed by atoms with Gasteiger partial charge in [-0.15, -0.1) is 4.99 Å². The monoisotopic (exact) mass is 483 g/mol. The number of aryl methyl sites for hydroxylation is 1. The van der Waals surface area contributed by atoms with Crippen LogP contribution in [0.3, 0.4) is 0 Å². The quantitative estimate of drug-likeness (QED) is 0.214. The molecule has 2 aliphatic heterocycles. The molecule has 0 aliphatic carbocycles. The van der Waals surface area contributed by atoms with Gasteiger partial charge in [0.1, 0.15) is 12.2 Å². The predicted octanol–water partition coefficient (Wildman–Crippen LogP) is 5.47. The first-order valence-electron chi connectivity index (χ1n) is 13.0. The van der Waals surface area contributed by atoms with Crippen LogP contribution >= 0.6 is 0 Å². The molecule has 0 amide bonds. The number of unbranched alkanes of at least 4 members (excludes halogenated alkanes) is 2. The average Bonchev–Trinajstić information content (AvgIpc) is 3.50. The lowest BCUT2D eigenvalue weighted by Crippen LogP contribution is -2.13. The maximum Gasteiger partial charge on any atom is 0.176 e. The molecule has 0 saturated carbocycles. The molecule has 1 aromatic carbocycles. The number of hydrogen-bond donors (Lipinski definition) is 3. The summed E-state index contributed by atoms with van der Waals surface area (Å²) in [5.74, 6) is 1.04. The van der Waals surface area contributed by atoms with Crippen molar-refractivity contribution in [2.75, 3.05) is 19.8 Å². The summed E-state index contributed by atoms with van der Waals surface area (Å²) >= 11 is 0. The summed E-state index contributed by atoms with van der Waals surface area (Å²) in [5.41, 5.74) is 3.26. The van der Waals surface area contributed by atoms with E-state index in [1.165, 1.54) is 5.57 Å². The Balaban J connectivity index is 1.44. The summed E-state index contributed by atoms with van der Waals surface area (Å²) in [6.07, 6.45) is 15.2. The third kappa shape index (κ3) is 8.34. The van der Waals surface area contributed by atoms with Crippen LogP contribution in [0.2, 0.25) is 0 Å². The van der Waals surface area contributed by atoms with Crippen molar-refractivity contribution in [2.45, 2.75) is 77.7 Å². The molecular weight excluding hydrogens is 442 g/mol. The van der Waals surface area contributed by atoms with Gasteiger partial charge < -0.3 is 24.8 Å². The van der Waals surface area contributed by atoms with Crippen LogP contribution in [0.5, 0.6) is 11.5 Å². The van der Waals surface area contributed by atoms with Gasteiger partial charge in [0.15, 0.2) is 23.8 Å². The number of phenols is 1. The molecule has 35 heavy (non-hydrogen) atoms. The molecule has 0 saturated heterocycles. The number of aliphatic hydroxyl groups excluding tert-OH is 2. The number of ether oxygens (including phenoxy) is 2. The minimum atomic E-state index is 0.00232. The molecule has 1 aromatic rings. The van der Waals surface area contributed by atoms with Crippen molar-refractivity contribution in [3.05, 3.63) is 59.2 Å². The van der Waals surface area contributed by atoms with E-state index >= 15 is 0 Å². The van der Waals surface area contributed by atoms with Gasteiger partial charge in [-0.2, -0.15) is 11.6 Å². The molecule has 0 radical (unpaired) electrons. The molecule has 3 N–H and O–H groups in total. The van der Waals surface area contributed by atoms with E-state index in [1.807, 2.05) is 24.4 Å². The molecule has 2 atom stereocenters. The minimum absolute atomic E-state index is 0.00232. The maximum absolute atomic E-state index is 10.2. The predicted molar refractivity (Wildman–Crippen MR) is 139 cm³/mol. The fourth-order valence-electron chi connectivity index (χ4n) is 4.43. The molecule has 0 fully saturated rings. The van der Waals surface area contributed by atoms with E-state index in [9.17, 15) is 10.2 Å². The number of phenolic OH excluding ortho intramolecular Hbond substituents is 1. The molecule has 6 nitrogen and oxygen atoms in total. The highest BCUT2D eigenvalue weighted by Gasteiger charge is 2.25. The Labute approximate surface area is 210 Å². The fourth-order valence-corrected chi connectivity index (χ4v) is 4.43. The molecule has 192 valence electrons. The lowest BCUT2D eigenvalue weighted by molar-refractivity contribution is 0.103. The summed E-state index contributed by atoms with van der Waals surface area (Å²) in [7, 11) is 0. The minimum Gasteiger partial charge on any atom is -0.504 e. The Hall–Kier alpha value is -2.41. The molecule has 6 heteroatoms. The van der Waals surface area contributed by atoms with Gasteiger partial charge in [-0.1, -0.05) is 38.4 Å². The van der Waals surface area contributed by atoms with E-state index in [0.717, 1.165) is 74.6 Å². The zero-order valence-corrected chi connectivity index (χ0v) is 21.2. The zero-order chi connectivity index (χ0) is 25.0. The summed E-state index contributed by atoms with van der Waals surface area (Å²) in [4.78, 5) is 4.52. The summed E-state index contributed by atoms with van der Waals surface area (Å²) in [6.45, 7) is 5.07. The van der Waals surface area contributed by atoms with Crippen molar-refractivity contribution in [1.29, 1.82) is 0 Å². The van der Waals surface area contributed by atoms with Gasteiger partial charge in [0.05, 0.1) is 12.5 Å². The summed E-state index contributed by atoms with van der Waals surface area (Å²) < 4.78 is 12.0. The Morgan fingerprint density at radius 1 is 1.23 bits per heavy atom. The second-order valence-corrected chi connectivity index (χ2v) is 9.51. The van der Waals surface area contributed by atoms with Gasteiger partial charge in [-0.05, 0) is 56.7 Å². The van der Waals surface area contributed by atoms with E-state index in [2.05, 4.69) is 24.9 Å². The second kappa shape index (κ2) is 14.2. The van der Waals surface area contributed by atoms with Crippen LogP contribution in [-0.4, -0.2) is 47.5 Å². The van der Waals surface area contributed by atoms with E-state index in [1.54, 1.807) is 6.07 Å². The van der Waals surface area contributed by atoms with Crippen LogP contribution in [0, 0.1) is 18.1 Å². The van der Waals surface area contributed by atoms with Crippen LogP contribution < -0.4 is 4.74 Å². The largest absolute Gasteiger partial charge is 0.504 e. The Kier molecular flexibility index (Phi) is 11.0. The smallest absolute Gasteiger partial charge is 0.176 e. The Morgan fingerprint density at radius 2 is 2.09 bits per heavy atom. The van der Waals surface area contributed by atoms with Gasteiger partial charge in [0.25, 0.3) is 0 Å². The van der Waals surface area contributed by atoms with Crippen LogP contribution in [0.25, 0.3) is 0 Å². The fraction of sp³-hybridized carbons (Fsp3) is 0.552. The zero-order valence-electron chi connectivity index (χ0n) is 21.2. The number of allylic oxidation sites excluding steroid dienone is 1. The van der Waals surface area contributed by atoms with Crippen LogP contribution in [0.4, 0.5) is 0 Å². The van der Waals surface area contributed by atoms with E-state index in [0.29, 0.717) is 24.7 Å². The number of aliphatic hydroxyl groups is 2. The topological polar surface area (TPSA) is 91.5 Å². The molecule has 2 heterocycles. The van der Waals surface area contributed by atoms with E-state index in [4.69, 9.17) is 14.6 Å². The standard InChI is InChI=1S/C29H41NO5/c1-3-4-8-28-24(20-32)18-26(35-28)11-9-22-10-12-27(33)29(16-22)34-15-13-25-17-23(19-30-25)21(2)7-5-6-14-31/h10,12,16-19,21,28,31-33H,3-9,11,13-15,20H2,1-2H3. The lowest BCUT2D eigenvalue weighted by atomic mass is 9.95. The number of rotatable bonds is 16. The second-order valence-electron chi connectivity index (χ2n) is 9.51. The third-order valence-corrected chi connectivity index (χ3v) is 6.68. The molecule has 0 bridgehead atoms. The maximum atomic E-state index is 10.2. The number of nitrogens with zero attached hydrogens (tertiary/aromatic N) is 1. The first-order valence-corrected chi connectivity index (χ1v) is 13.0. The SMILES string of the molecule is CCCCC1O[C-](CCc2ccc(O)c(OCC[C+]3C=C(C(C)CCCCO)C=N3)c2)C=C1CO. The van der Waals surface area contributed by atoms with Crippen molar-refractivity contribution in [2.24, 2.45) is 10.9 Å². The lowest BCUT2D eigenvalue weighted by Gasteiger charge is -2.24. The van der Waals surface area contributed by atoms with Crippen LogP contribution in [0.15, 0.2) is 46.5 Å². The van der Waals surface area contributed by atoms with E-state index < -0.39 is 0 Å². The third-order valence-electron chi connectivity index (χ3n) is 6.68. The van der Waals surface area contributed by atoms with Gasteiger partial charge in [0, 0.05) is 25.2 Å². The summed E-state index contributed by atoms with van der Waals surface area (Å²) in [5, 5.41) is 28.8. The van der Waals surface area contributed by atoms with Crippen molar-refractivity contribution in [3.63, 3.8) is 0 Å². The van der Waals surface area contributed by atoms with Gasteiger partial charge >= 0.3 is 0 Å². The highest BCUT2D eigenvalue weighted by atomic mass is 16.5. The van der Waals surface area contributed by atoms with Crippen molar-refractivity contribution in [3.8, 4) is 11.5 Å². The Bertz CT molecular complexity index is 878. The van der Waals surface area contributed by atoms with Crippen LogP contribution in [0.1, 0.15) is 70.8 Å². The normalized spacial score (nSPS) is 18.2. The molecular formula is C29H41NO5. The number of hydrogen-bond acceptors (Lipinski definition) is 6. The molecule has 2 aliphatic rings. The molecule has 0 aromatic heterocycles. The molecule has 2 unspecified atom stereocenters. The number of aliphatic imine (C=N–C) groups is 1. The Morgan fingerprint density at radius 3 is 2.86 bits per heavy atom. The van der Waals surface area contributed by atoms with Gasteiger partial charge in [0.2, 0.25) is 0 Å². The first kappa shape index (κ1) is 27.2. The van der Waals surface area contributed by atoms with Crippen molar-refractivity contribution < 1.29 is 24.8 Å². The summed E-state index contributed by atoms with van der Waals surface area (Å²) in [6, 6.07) is 6.47. The average molecular weight is 484 g/mol. The number of benzene rings is 1. The number of aromatic hydroxyl groups is 1. The first-order chi connectivity index (χ1) is 17.0. The highest BCUT2D eigenvalue weighted by Crippen LogP contribution is 2.33. The van der Waals surface area contributed by atoms with Crippen molar-refractivity contribution >= 4 is 6.21 Å². The van der Waals surface area contributed by atoms with Crippen molar-refractivity contribution in [1.82, 2.24) is 0 Å². The molecule has 0 spiro atoms. The van der Waals surface area contributed by atoms with E-state index in [-0.39, 0.29) is 25.1 Å². The van der Waals surface area contributed by atoms with Crippen LogP contribution in [-0.2, 0) is 11.2 Å². The van der Waals surface area contributed by atoms with Gasteiger partial charge in [-0.25, -0.2) is 0 Å².